The van der Waals surface area contributed by atoms with Crippen LogP contribution in [0.1, 0.15) is 19.3 Å². The van der Waals surface area contributed by atoms with Gasteiger partial charge in [0.05, 0.1) is 22.1 Å². The number of amides is 1. The second-order valence-corrected chi connectivity index (χ2v) is 9.75. The van der Waals surface area contributed by atoms with Crippen molar-refractivity contribution >= 4 is 51.6 Å². The lowest BCUT2D eigenvalue weighted by Gasteiger charge is -2.34. The first-order valence-electron chi connectivity index (χ1n) is 11.7. The summed E-state index contributed by atoms with van der Waals surface area (Å²) in [7, 11) is 0. The number of nitrogens with zero attached hydrogens (tertiary/aromatic N) is 5. The van der Waals surface area contributed by atoms with E-state index in [2.05, 4.69) is 30.5 Å². The van der Waals surface area contributed by atoms with Gasteiger partial charge in [0, 0.05) is 43.6 Å². The number of hydrogen-bond acceptors (Lipinski definition) is 7. The molecule has 2 aromatic heterocycles. The van der Waals surface area contributed by atoms with E-state index in [1.54, 1.807) is 18.2 Å². The third-order valence-corrected chi connectivity index (χ3v) is 7.34. The van der Waals surface area contributed by atoms with Crippen LogP contribution in [0, 0.1) is 5.95 Å². The second kappa shape index (κ2) is 10.5. The zero-order valence-electron chi connectivity index (χ0n) is 19.1. The summed E-state index contributed by atoms with van der Waals surface area (Å²) in [6.07, 6.45) is 4.27. The molecule has 2 fully saturated rings. The largest absolute Gasteiger partial charge is 0.360 e. The summed E-state index contributed by atoms with van der Waals surface area (Å²) in [5.41, 5.74) is 0.661. The number of fused-ring (bicyclic) bond motifs is 1. The Kier molecular flexibility index (Phi) is 7.17. The van der Waals surface area contributed by atoms with E-state index in [0.717, 1.165) is 44.3 Å². The fourth-order valence-electron chi connectivity index (χ4n) is 4.77. The average Bonchev–Trinajstić information content (AvgIpc) is 3.32. The molecule has 11 heteroatoms. The molecule has 2 saturated heterocycles. The molecule has 3 aromatic rings. The molecule has 0 bridgehead atoms. The Morgan fingerprint density at radius 2 is 1.83 bits per heavy atom. The number of aromatic nitrogens is 3. The van der Waals surface area contributed by atoms with Gasteiger partial charge in [-0.2, -0.15) is 4.39 Å². The number of hydrogen-bond donors (Lipinski definition) is 2. The van der Waals surface area contributed by atoms with Crippen LogP contribution in [-0.4, -0.2) is 70.6 Å². The van der Waals surface area contributed by atoms with Crippen molar-refractivity contribution in [2.75, 3.05) is 42.9 Å². The first-order chi connectivity index (χ1) is 17.0. The van der Waals surface area contributed by atoms with Crippen molar-refractivity contribution in [3.05, 3.63) is 52.7 Å². The standard InChI is InChI=1S/C24H26Cl2FN7O/c25-18-10-17-20(11-19(18)26)29-14-30-24(17)28-12-23(35)34-9-6-16(13-34)31-15-4-7-33(8-5-15)22-3-1-2-21(27)32-22/h1-3,10-11,14-16,31H,4-9,12-13H2,(H,28,29,30)/t16-/m1/s1. The number of likely N-dealkylation sites (tertiary alicyclic amines) is 1. The predicted octanol–water partition coefficient (Wildman–Crippen LogP) is 3.74. The zero-order valence-corrected chi connectivity index (χ0v) is 20.6. The Bertz CT molecular complexity index is 1220. The molecule has 0 unspecified atom stereocenters. The number of carbonyl (C=O) groups is 1. The minimum atomic E-state index is -0.450. The van der Waals surface area contributed by atoms with E-state index < -0.39 is 5.95 Å². The number of halogens is 3. The Morgan fingerprint density at radius 1 is 1.06 bits per heavy atom. The molecule has 1 amide bonds. The summed E-state index contributed by atoms with van der Waals surface area (Å²) < 4.78 is 13.4. The number of piperidine rings is 1. The molecule has 4 heterocycles. The maximum atomic E-state index is 13.4. The van der Waals surface area contributed by atoms with Gasteiger partial charge in [0.1, 0.15) is 18.0 Å². The molecule has 2 aliphatic heterocycles. The van der Waals surface area contributed by atoms with Crippen LogP contribution in [-0.2, 0) is 4.79 Å². The number of anilines is 2. The summed E-state index contributed by atoms with van der Waals surface area (Å²) in [5.74, 6) is 0.813. The molecular formula is C24H26Cl2FN7O. The highest BCUT2D eigenvalue weighted by atomic mass is 35.5. The molecular weight excluding hydrogens is 492 g/mol. The normalized spacial score (nSPS) is 18.9. The Morgan fingerprint density at radius 3 is 2.63 bits per heavy atom. The van der Waals surface area contributed by atoms with Gasteiger partial charge in [-0.25, -0.2) is 15.0 Å². The highest BCUT2D eigenvalue weighted by Crippen LogP contribution is 2.29. The highest BCUT2D eigenvalue weighted by molar-refractivity contribution is 6.42. The zero-order chi connectivity index (χ0) is 24.4. The smallest absolute Gasteiger partial charge is 0.241 e. The molecule has 2 aliphatic rings. The molecule has 1 atom stereocenters. The van der Waals surface area contributed by atoms with Crippen LogP contribution in [0.5, 0.6) is 0 Å². The predicted molar refractivity (Wildman–Crippen MR) is 136 cm³/mol. The summed E-state index contributed by atoms with van der Waals surface area (Å²) in [6, 6.07) is 8.94. The van der Waals surface area contributed by atoms with Crippen LogP contribution in [0.4, 0.5) is 16.0 Å². The molecule has 0 radical (unpaired) electrons. The van der Waals surface area contributed by atoms with Gasteiger partial charge in [0.25, 0.3) is 0 Å². The SMILES string of the molecule is O=C(CNc1ncnc2cc(Cl)c(Cl)cc12)N1CC[C@@H](NC2CCN(c3cccc(F)n3)CC2)C1. The van der Waals surface area contributed by atoms with E-state index in [4.69, 9.17) is 23.2 Å². The van der Waals surface area contributed by atoms with E-state index in [9.17, 15) is 9.18 Å². The molecule has 0 saturated carbocycles. The minimum Gasteiger partial charge on any atom is -0.360 e. The quantitative estimate of drug-likeness (QED) is 0.481. The Hall–Kier alpha value is -2.75. The van der Waals surface area contributed by atoms with Crippen molar-refractivity contribution < 1.29 is 9.18 Å². The second-order valence-electron chi connectivity index (χ2n) is 8.93. The molecule has 5 rings (SSSR count). The van der Waals surface area contributed by atoms with Crippen molar-refractivity contribution in [2.45, 2.75) is 31.3 Å². The number of carbonyl (C=O) groups excluding carboxylic acids is 1. The maximum Gasteiger partial charge on any atom is 0.241 e. The van der Waals surface area contributed by atoms with Crippen molar-refractivity contribution in [3.8, 4) is 0 Å². The van der Waals surface area contributed by atoms with E-state index in [1.807, 2.05) is 11.0 Å². The summed E-state index contributed by atoms with van der Waals surface area (Å²) in [6.45, 7) is 3.19. The van der Waals surface area contributed by atoms with Crippen LogP contribution in [0.2, 0.25) is 10.0 Å². The van der Waals surface area contributed by atoms with Gasteiger partial charge in [-0.05, 0) is 43.5 Å². The minimum absolute atomic E-state index is 0.0214. The van der Waals surface area contributed by atoms with Crippen LogP contribution in [0.15, 0.2) is 36.7 Å². The van der Waals surface area contributed by atoms with Gasteiger partial charge < -0.3 is 20.4 Å². The number of nitrogens with one attached hydrogen (secondary N) is 2. The van der Waals surface area contributed by atoms with E-state index in [1.165, 1.54) is 12.4 Å². The third kappa shape index (κ3) is 5.58. The van der Waals surface area contributed by atoms with E-state index >= 15 is 0 Å². The molecule has 184 valence electrons. The first-order valence-corrected chi connectivity index (χ1v) is 12.5. The van der Waals surface area contributed by atoms with Gasteiger partial charge in [0.15, 0.2) is 0 Å². The van der Waals surface area contributed by atoms with Gasteiger partial charge in [0.2, 0.25) is 11.9 Å². The lowest BCUT2D eigenvalue weighted by molar-refractivity contribution is -0.128. The third-order valence-electron chi connectivity index (χ3n) is 6.62. The van der Waals surface area contributed by atoms with Crippen molar-refractivity contribution in [1.29, 1.82) is 0 Å². The number of rotatable bonds is 6. The van der Waals surface area contributed by atoms with Gasteiger partial charge in [-0.1, -0.05) is 29.3 Å². The van der Waals surface area contributed by atoms with Crippen molar-refractivity contribution in [2.24, 2.45) is 0 Å². The van der Waals surface area contributed by atoms with E-state index in [0.29, 0.717) is 39.8 Å². The van der Waals surface area contributed by atoms with Crippen LogP contribution in [0.25, 0.3) is 10.9 Å². The molecule has 2 N–H and O–H groups in total. The van der Waals surface area contributed by atoms with Crippen LogP contribution in [0.3, 0.4) is 0 Å². The molecule has 0 aliphatic carbocycles. The van der Waals surface area contributed by atoms with Crippen molar-refractivity contribution in [1.82, 2.24) is 25.2 Å². The first kappa shape index (κ1) is 24.0. The summed E-state index contributed by atoms with van der Waals surface area (Å²) >= 11 is 12.2. The van der Waals surface area contributed by atoms with Crippen LogP contribution < -0.4 is 15.5 Å². The topological polar surface area (TPSA) is 86.3 Å². The molecule has 8 nitrogen and oxygen atoms in total. The molecule has 1 aromatic carbocycles. The maximum absolute atomic E-state index is 13.4. The highest BCUT2D eigenvalue weighted by Gasteiger charge is 2.29. The van der Waals surface area contributed by atoms with Gasteiger partial charge in [-0.3, -0.25) is 4.79 Å². The average molecular weight is 518 g/mol. The van der Waals surface area contributed by atoms with Gasteiger partial charge in [-0.15, -0.1) is 0 Å². The Labute approximate surface area is 212 Å². The van der Waals surface area contributed by atoms with Crippen LogP contribution >= 0.6 is 23.2 Å². The van der Waals surface area contributed by atoms with Gasteiger partial charge >= 0.3 is 0 Å². The molecule has 35 heavy (non-hydrogen) atoms. The number of benzene rings is 1. The summed E-state index contributed by atoms with van der Waals surface area (Å²) in [5, 5.41) is 8.39. The van der Waals surface area contributed by atoms with Crippen molar-refractivity contribution in [3.63, 3.8) is 0 Å². The monoisotopic (exact) mass is 517 g/mol. The van der Waals surface area contributed by atoms with E-state index in [-0.39, 0.29) is 18.5 Å². The fraction of sp³-hybridized carbons (Fsp3) is 0.417. The Balaban J connectivity index is 1.10. The fourth-order valence-corrected chi connectivity index (χ4v) is 5.09. The number of pyridine rings is 1. The summed E-state index contributed by atoms with van der Waals surface area (Å²) in [4.78, 5) is 29.3. The lowest BCUT2D eigenvalue weighted by atomic mass is 10.0. The molecule has 0 spiro atoms. The lowest BCUT2D eigenvalue weighted by Crippen LogP contribution is -2.47.